The first-order valence-electron chi connectivity index (χ1n) is 9.19. The molecule has 0 radical (unpaired) electrons. The smallest absolute Gasteiger partial charge is 0.254 e. The Hall–Kier alpha value is -1.81. The minimum atomic E-state index is -0.00569. The van der Waals surface area contributed by atoms with Crippen LogP contribution in [0.25, 0.3) is 0 Å². The van der Waals surface area contributed by atoms with E-state index in [4.69, 9.17) is 0 Å². The number of pyridine rings is 1. The third-order valence-corrected chi connectivity index (χ3v) is 6.18. The van der Waals surface area contributed by atoms with E-state index in [1.54, 1.807) is 18.0 Å². The fourth-order valence-corrected chi connectivity index (χ4v) is 4.56. The fourth-order valence-electron chi connectivity index (χ4n) is 3.27. The number of aromatic nitrogens is 1. The molecule has 25 heavy (non-hydrogen) atoms. The molecule has 1 amide bonds. The summed E-state index contributed by atoms with van der Waals surface area (Å²) in [5.41, 5.74) is 2.03. The van der Waals surface area contributed by atoms with Gasteiger partial charge in [0.05, 0.1) is 5.56 Å². The van der Waals surface area contributed by atoms with Gasteiger partial charge in [-0.25, -0.2) is 4.98 Å². The minimum absolute atomic E-state index is 0.00569. The highest BCUT2D eigenvalue weighted by Crippen LogP contribution is 2.35. The van der Waals surface area contributed by atoms with Gasteiger partial charge in [-0.15, -0.1) is 11.8 Å². The Morgan fingerprint density at radius 1 is 1.20 bits per heavy atom. The van der Waals surface area contributed by atoms with E-state index in [0.717, 1.165) is 11.4 Å². The van der Waals surface area contributed by atoms with Gasteiger partial charge in [-0.3, -0.25) is 4.79 Å². The quantitative estimate of drug-likeness (QED) is 0.757. The van der Waals surface area contributed by atoms with Crippen molar-refractivity contribution >= 4 is 17.7 Å². The van der Waals surface area contributed by atoms with Crippen LogP contribution in [-0.4, -0.2) is 22.7 Å². The number of carbonyl (C=O) groups excluding carboxylic acids is 1. The first-order valence-corrected chi connectivity index (χ1v) is 10.1. The van der Waals surface area contributed by atoms with Crippen molar-refractivity contribution < 1.29 is 4.79 Å². The van der Waals surface area contributed by atoms with Crippen molar-refractivity contribution in [1.29, 1.82) is 0 Å². The Bertz CT molecular complexity index is 683. The van der Waals surface area contributed by atoms with Crippen LogP contribution in [0, 0.1) is 0 Å². The number of carbonyl (C=O) groups is 1. The molecule has 0 aliphatic heterocycles. The van der Waals surface area contributed by atoms with Crippen molar-refractivity contribution in [3.63, 3.8) is 0 Å². The summed E-state index contributed by atoms with van der Waals surface area (Å²) < 4.78 is 0. The first-order chi connectivity index (χ1) is 12.2. The molecule has 1 unspecified atom stereocenters. The maximum Gasteiger partial charge on any atom is 0.254 e. The van der Waals surface area contributed by atoms with Gasteiger partial charge in [0.2, 0.25) is 0 Å². The number of hydrogen-bond acceptors (Lipinski definition) is 3. The highest BCUT2D eigenvalue weighted by atomic mass is 32.2. The molecule has 1 aromatic heterocycles. The second-order valence-corrected chi connectivity index (χ2v) is 8.03. The maximum absolute atomic E-state index is 12.6. The molecule has 2 aromatic rings. The molecule has 0 spiro atoms. The van der Waals surface area contributed by atoms with Gasteiger partial charge >= 0.3 is 0 Å². The van der Waals surface area contributed by atoms with E-state index in [1.807, 2.05) is 18.2 Å². The molecule has 1 heterocycles. The van der Waals surface area contributed by atoms with Crippen molar-refractivity contribution in [2.75, 3.05) is 6.54 Å². The van der Waals surface area contributed by atoms with Crippen LogP contribution in [0.5, 0.6) is 0 Å². The highest BCUT2D eigenvalue weighted by molar-refractivity contribution is 7.99. The lowest BCUT2D eigenvalue weighted by Crippen LogP contribution is -2.26. The predicted octanol–water partition coefficient (Wildman–Crippen LogP) is 5.04. The van der Waals surface area contributed by atoms with E-state index < -0.39 is 0 Å². The SMILES string of the molecule is CC(CCNC(=O)c1cccnc1SC1CCCC1)c1ccccc1. The van der Waals surface area contributed by atoms with Gasteiger partial charge in [0.25, 0.3) is 5.91 Å². The molecule has 0 bridgehead atoms. The lowest BCUT2D eigenvalue weighted by Gasteiger charge is -2.14. The lowest BCUT2D eigenvalue weighted by atomic mass is 9.98. The van der Waals surface area contributed by atoms with Gasteiger partial charge in [-0.1, -0.05) is 50.1 Å². The summed E-state index contributed by atoms with van der Waals surface area (Å²) in [5, 5.41) is 4.56. The molecular formula is C21H26N2OS. The number of nitrogens with one attached hydrogen (secondary N) is 1. The summed E-state index contributed by atoms with van der Waals surface area (Å²) in [6.07, 6.45) is 7.77. The van der Waals surface area contributed by atoms with Gasteiger partial charge in [0.1, 0.15) is 5.03 Å². The summed E-state index contributed by atoms with van der Waals surface area (Å²) in [6.45, 7) is 2.88. The Kier molecular flexibility index (Phi) is 6.51. The van der Waals surface area contributed by atoms with Crippen molar-refractivity contribution in [2.24, 2.45) is 0 Å². The topological polar surface area (TPSA) is 42.0 Å². The molecule has 1 atom stereocenters. The summed E-state index contributed by atoms with van der Waals surface area (Å²) in [6, 6.07) is 14.2. The van der Waals surface area contributed by atoms with Gasteiger partial charge in [-0.05, 0) is 42.9 Å². The monoisotopic (exact) mass is 354 g/mol. The molecule has 1 N–H and O–H groups in total. The van der Waals surface area contributed by atoms with E-state index in [9.17, 15) is 4.79 Å². The molecule has 1 aromatic carbocycles. The summed E-state index contributed by atoms with van der Waals surface area (Å²) in [5.74, 6) is 0.427. The summed E-state index contributed by atoms with van der Waals surface area (Å²) in [4.78, 5) is 17.0. The average Bonchev–Trinajstić information content (AvgIpc) is 3.16. The Balaban J connectivity index is 1.54. The van der Waals surface area contributed by atoms with E-state index in [1.165, 1.54) is 31.2 Å². The minimum Gasteiger partial charge on any atom is -0.352 e. The van der Waals surface area contributed by atoms with Crippen molar-refractivity contribution in [1.82, 2.24) is 10.3 Å². The van der Waals surface area contributed by atoms with E-state index in [0.29, 0.717) is 23.3 Å². The number of benzene rings is 1. The highest BCUT2D eigenvalue weighted by Gasteiger charge is 2.20. The third-order valence-electron chi connectivity index (χ3n) is 4.83. The number of amides is 1. The Morgan fingerprint density at radius 2 is 1.96 bits per heavy atom. The van der Waals surface area contributed by atoms with Crippen LogP contribution in [-0.2, 0) is 0 Å². The van der Waals surface area contributed by atoms with Crippen LogP contribution in [0.15, 0.2) is 53.7 Å². The van der Waals surface area contributed by atoms with Crippen LogP contribution >= 0.6 is 11.8 Å². The number of nitrogens with zero attached hydrogens (tertiary/aromatic N) is 1. The first kappa shape index (κ1) is 18.0. The Morgan fingerprint density at radius 3 is 2.72 bits per heavy atom. The number of hydrogen-bond donors (Lipinski definition) is 1. The summed E-state index contributed by atoms with van der Waals surface area (Å²) in [7, 11) is 0. The van der Waals surface area contributed by atoms with Gasteiger partial charge in [0, 0.05) is 18.0 Å². The zero-order valence-electron chi connectivity index (χ0n) is 14.8. The van der Waals surface area contributed by atoms with E-state index >= 15 is 0 Å². The van der Waals surface area contributed by atoms with Crippen LogP contribution in [0.2, 0.25) is 0 Å². The third kappa shape index (κ3) is 5.08. The van der Waals surface area contributed by atoms with Crippen molar-refractivity contribution in [2.45, 2.75) is 55.2 Å². The second kappa shape index (κ2) is 9.04. The molecule has 1 aliphatic carbocycles. The second-order valence-electron chi connectivity index (χ2n) is 6.74. The van der Waals surface area contributed by atoms with Gasteiger partial charge in [0.15, 0.2) is 0 Å². The largest absolute Gasteiger partial charge is 0.352 e. The average molecular weight is 355 g/mol. The zero-order valence-corrected chi connectivity index (χ0v) is 15.6. The molecule has 132 valence electrons. The Labute approximate surface area is 154 Å². The number of rotatable bonds is 7. The molecule has 0 saturated heterocycles. The summed E-state index contributed by atoms with van der Waals surface area (Å²) >= 11 is 1.77. The zero-order chi connectivity index (χ0) is 17.5. The van der Waals surface area contributed by atoms with Crippen LogP contribution in [0.4, 0.5) is 0 Å². The fraction of sp³-hybridized carbons (Fsp3) is 0.429. The maximum atomic E-state index is 12.6. The number of thioether (sulfide) groups is 1. The van der Waals surface area contributed by atoms with Gasteiger partial charge in [-0.2, -0.15) is 0 Å². The molecule has 1 fully saturated rings. The predicted molar refractivity (Wildman–Crippen MR) is 104 cm³/mol. The molecular weight excluding hydrogens is 328 g/mol. The van der Waals surface area contributed by atoms with Crippen LogP contribution in [0.1, 0.15) is 60.9 Å². The molecule has 1 saturated carbocycles. The van der Waals surface area contributed by atoms with E-state index in [-0.39, 0.29) is 5.91 Å². The molecule has 4 heteroatoms. The van der Waals surface area contributed by atoms with Crippen molar-refractivity contribution in [3.05, 3.63) is 59.8 Å². The normalized spacial score (nSPS) is 15.9. The van der Waals surface area contributed by atoms with Crippen molar-refractivity contribution in [3.8, 4) is 0 Å². The van der Waals surface area contributed by atoms with Gasteiger partial charge < -0.3 is 5.32 Å². The van der Waals surface area contributed by atoms with E-state index in [2.05, 4.69) is 41.5 Å². The van der Waals surface area contributed by atoms with Crippen LogP contribution < -0.4 is 5.32 Å². The molecule has 1 aliphatic rings. The lowest BCUT2D eigenvalue weighted by molar-refractivity contribution is 0.0949. The standard InChI is InChI=1S/C21H26N2OS/c1-16(17-8-3-2-4-9-17)13-15-22-20(24)19-12-7-14-23-21(19)25-18-10-5-6-11-18/h2-4,7-9,12,14,16,18H,5-6,10-11,13,15H2,1H3,(H,22,24). The molecule has 3 rings (SSSR count). The van der Waals surface area contributed by atoms with Crippen LogP contribution in [0.3, 0.4) is 0 Å². The molecule has 3 nitrogen and oxygen atoms in total.